The van der Waals surface area contributed by atoms with Gasteiger partial charge in [0.15, 0.2) is 0 Å². The maximum atomic E-state index is 14.0. The van der Waals surface area contributed by atoms with Gasteiger partial charge >= 0.3 is 0 Å². The lowest BCUT2D eigenvalue weighted by atomic mass is 10.1. The highest BCUT2D eigenvalue weighted by Crippen LogP contribution is 2.27. The lowest BCUT2D eigenvalue weighted by Crippen LogP contribution is -2.51. The SMILES string of the molecule is COc1ccc(N(CC(=O)N(Cc2cccc(Br)c2)[C@@H](C)C(=O)NCC(C)C)S(=O)(=O)c2ccc(C)cc2)cc1. The van der Waals surface area contributed by atoms with Gasteiger partial charge in [0, 0.05) is 17.6 Å². The Bertz CT molecular complexity index is 1410. The van der Waals surface area contributed by atoms with E-state index < -0.39 is 28.5 Å². The molecule has 3 aromatic carbocycles. The first-order chi connectivity index (χ1) is 18.9. The van der Waals surface area contributed by atoms with E-state index in [1.54, 1.807) is 43.3 Å². The van der Waals surface area contributed by atoms with E-state index in [4.69, 9.17) is 4.74 Å². The fourth-order valence-electron chi connectivity index (χ4n) is 3.98. The summed E-state index contributed by atoms with van der Waals surface area (Å²) in [6.07, 6.45) is 0. The molecule has 0 aromatic heterocycles. The topological polar surface area (TPSA) is 96.0 Å². The Balaban J connectivity index is 2.02. The van der Waals surface area contributed by atoms with Gasteiger partial charge in [-0.2, -0.15) is 0 Å². The van der Waals surface area contributed by atoms with Gasteiger partial charge in [-0.05, 0) is 73.9 Å². The minimum Gasteiger partial charge on any atom is -0.497 e. The highest BCUT2D eigenvalue weighted by molar-refractivity contribution is 9.10. The third-order valence-electron chi connectivity index (χ3n) is 6.34. The van der Waals surface area contributed by atoms with Crippen molar-refractivity contribution in [1.29, 1.82) is 0 Å². The smallest absolute Gasteiger partial charge is 0.264 e. The molecule has 0 saturated heterocycles. The number of carbonyl (C=O) groups excluding carboxylic acids is 2. The minimum absolute atomic E-state index is 0.0583. The van der Waals surface area contributed by atoms with Crippen molar-refractivity contribution >= 4 is 43.5 Å². The number of carbonyl (C=O) groups is 2. The standard InChI is InChI=1S/C30H36BrN3O5S/c1-21(2)18-32-30(36)23(4)33(19-24-7-6-8-25(31)17-24)29(35)20-34(26-11-13-27(39-5)14-12-26)40(37,38)28-15-9-22(3)10-16-28/h6-17,21,23H,18-20H2,1-5H3,(H,32,36)/t23-/m0/s1. The highest BCUT2D eigenvalue weighted by atomic mass is 79.9. The van der Waals surface area contributed by atoms with Crippen LogP contribution < -0.4 is 14.4 Å². The first-order valence-corrected chi connectivity index (χ1v) is 15.2. The first-order valence-electron chi connectivity index (χ1n) is 13.0. The van der Waals surface area contributed by atoms with Crippen LogP contribution in [-0.2, 0) is 26.2 Å². The van der Waals surface area contributed by atoms with Crippen LogP contribution in [-0.4, -0.2) is 51.4 Å². The molecule has 0 bridgehead atoms. The number of rotatable bonds is 12. The second-order valence-electron chi connectivity index (χ2n) is 9.99. The van der Waals surface area contributed by atoms with Gasteiger partial charge in [0.2, 0.25) is 11.8 Å². The number of anilines is 1. The van der Waals surface area contributed by atoms with Gasteiger partial charge in [-0.3, -0.25) is 13.9 Å². The molecular formula is C30H36BrN3O5S. The number of sulfonamides is 1. The zero-order valence-corrected chi connectivity index (χ0v) is 25.8. The molecule has 0 heterocycles. The van der Waals surface area contributed by atoms with Crippen LogP contribution in [0.25, 0.3) is 0 Å². The van der Waals surface area contributed by atoms with Crippen LogP contribution in [0.2, 0.25) is 0 Å². The van der Waals surface area contributed by atoms with Crippen LogP contribution in [0.5, 0.6) is 5.75 Å². The Morgan fingerprint density at radius 1 is 0.975 bits per heavy atom. The Labute approximate surface area is 245 Å². The van der Waals surface area contributed by atoms with Crippen LogP contribution in [0, 0.1) is 12.8 Å². The summed E-state index contributed by atoms with van der Waals surface area (Å²) in [6.45, 7) is 7.57. The van der Waals surface area contributed by atoms with Crippen LogP contribution in [0.3, 0.4) is 0 Å². The normalized spacial score (nSPS) is 12.1. The molecule has 0 aliphatic heterocycles. The Morgan fingerprint density at radius 3 is 2.20 bits per heavy atom. The molecule has 0 fully saturated rings. The zero-order chi connectivity index (χ0) is 29.4. The van der Waals surface area contributed by atoms with Crippen molar-refractivity contribution in [3.8, 4) is 5.75 Å². The van der Waals surface area contributed by atoms with Crippen molar-refractivity contribution in [2.24, 2.45) is 5.92 Å². The van der Waals surface area contributed by atoms with E-state index in [-0.39, 0.29) is 23.3 Å². The summed E-state index contributed by atoms with van der Waals surface area (Å²) in [6, 6.07) is 19.5. The maximum absolute atomic E-state index is 14.0. The fraction of sp³-hybridized carbons (Fsp3) is 0.333. The van der Waals surface area contributed by atoms with Crippen molar-refractivity contribution < 1.29 is 22.7 Å². The number of ether oxygens (including phenoxy) is 1. The minimum atomic E-state index is -4.13. The maximum Gasteiger partial charge on any atom is 0.264 e. The van der Waals surface area contributed by atoms with E-state index in [1.165, 1.54) is 24.1 Å². The highest BCUT2D eigenvalue weighted by Gasteiger charge is 2.32. The predicted molar refractivity (Wildman–Crippen MR) is 161 cm³/mol. The number of aryl methyl sites for hydroxylation is 1. The van der Waals surface area contributed by atoms with E-state index in [9.17, 15) is 18.0 Å². The molecule has 8 nitrogen and oxygen atoms in total. The van der Waals surface area contributed by atoms with Crippen molar-refractivity contribution in [2.45, 2.75) is 45.2 Å². The van der Waals surface area contributed by atoms with E-state index in [0.29, 0.717) is 18.0 Å². The zero-order valence-electron chi connectivity index (χ0n) is 23.4. The fourth-order valence-corrected chi connectivity index (χ4v) is 5.84. The summed E-state index contributed by atoms with van der Waals surface area (Å²) in [5, 5.41) is 2.89. The number of halogens is 1. The molecule has 40 heavy (non-hydrogen) atoms. The summed E-state index contributed by atoms with van der Waals surface area (Å²) in [5.41, 5.74) is 2.00. The van der Waals surface area contributed by atoms with E-state index in [2.05, 4.69) is 21.2 Å². The number of benzene rings is 3. The summed E-state index contributed by atoms with van der Waals surface area (Å²) in [4.78, 5) is 28.5. The third kappa shape index (κ3) is 8.08. The van der Waals surface area contributed by atoms with Gasteiger partial charge < -0.3 is 15.0 Å². The Kier molecular flexibility index (Phi) is 10.8. The van der Waals surface area contributed by atoms with Crippen LogP contribution >= 0.6 is 15.9 Å². The molecule has 0 saturated carbocycles. The largest absolute Gasteiger partial charge is 0.497 e. The molecule has 0 unspecified atom stereocenters. The van der Waals surface area contributed by atoms with Crippen LogP contribution in [0.1, 0.15) is 31.9 Å². The number of hydrogen-bond donors (Lipinski definition) is 1. The quantitative estimate of drug-likeness (QED) is 0.299. The van der Waals surface area contributed by atoms with E-state index >= 15 is 0 Å². The average molecular weight is 631 g/mol. The molecule has 0 radical (unpaired) electrons. The lowest BCUT2D eigenvalue weighted by molar-refractivity contribution is -0.139. The number of methoxy groups -OCH3 is 1. The second-order valence-corrected chi connectivity index (χ2v) is 12.8. The lowest BCUT2D eigenvalue weighted by Gasteiger charge is -2.32. The summed E-state index contributed by atoms with van der Waals surface area (Å²) in [5.74, 6) is -0.0433. The number of nitrogens with zero attached hydrogens (tertiary/aromatic N) is 2. The average Bonchev–Trinajstić information content (AvgIpc) is 2.93. The van der Waals surface area contributed by atoms with Crippen molar-refractivity contribution in [3.63, 3.8) is 0 Å². The molecule has 0 aliphatic rings. The van der Waals surface area contributed by atoms with E-state index in [0.717, 1.165) is 19.9 Å². The van der Waals surface area contributed by atoms with Gasteiger partial charge in [0.05, 0.1) is 17.7 Å². The van der Waals surface area contributed by atoms with Crippen LogP contribution in [0.15, 0.2) is 82.2 Å². The molecule has 1 N–H and O–H groups in total. The molecule has 214 valence electrons. The van der Waals surface area contributed by atoms with Gasteiger partial charge in [-0.15, -0.1) is 0 Å². The second kappa shape index (κ2) is 13.8. The number of hydrogen-bond acceptors (Lipinski definition) is 5. The molecule has 3 rings (SSSR count). The number of nitrogens with one attached hydrogen (secondary N) is 1. The molecule has 3 aromatic rings. The van der Waals surface area contributed by atoms with Crippen molar-refractivity contribution in [1.82, 2.24) is 10.2 Å². The first kappa shape index (κ1) is 31.2. The summed E-state index contributed by atoms with van der Waals surface area (Å²) >= 11 is 3.45. The monoisotopic (exact) mass is 629 g/mol. The van der Waals surface area contributed by atoms with Crippen molar-refractivity contribution in [2.75, 3.05) is 24.5 Å². The summed E-state index contributed by atoms with van der Waals surface area (Å²) < 4.78 is 34.9. The summed E-state index contributed by atoms with van der Waals surface area (Å²) in [7, 11) is -2.61. The Hall–Kier alpha value is -3.37. The van der Waals surface area contributed by atoms with Gasteiger partial charge in [-0.25, -0.2) is 8.42 Å². The van der Waals surface area contributed by atoms with E-state index in [1.807, 2.05) is 45.0 Å². The molecular weight excluding hydrogens is 594 g/mol. The molecule has 0 spiro atoms. The Morgan fingerprint density at radius 2 is 1.62 bits per heavy atom. The molecule has 2 amide bonds. The molecule has 0 aliphatic carbocycles. The van der Waals surface area contributed by atoms with Gasteiger partial charge in [0.1, 0.15) is 18.3 Å². The molecule has 1 atom stereocenters. The predicted octanol–water partition coefficient (Wildman–Crippen LogP) is 5.15. The van der Waals surface area contributed by atoms with Gasteiger partial charge in [-0.1, -0.05) is 59.6 Å². The number of amides is 2. The van der Waals surface area contributed by atoms with Gasteiger partial charge in [0.25, 0.3) is 10.0 Å². The van der Waals surface area contributed by atoms with Crippen LogP contribution in [0.4, 0.5) is 5.69 Å². The van der Waals surface area contributed by atoms with Crippen molar-refractivity contribution in [3.05, 3.63) is 88.4 Å². The molecule has 10 heteroatoms. The third-order valence-corrected chi connectivity index (χ3v) is 8.62.